The summed E-state index contributed by atoms with van der Waals surface area (Å²) in [6.45, 7) is 7.76. The van der Waals surface area contributed by atoms with Crippen LogP contribution in [0.3, 0.4) is 0 Å². The summed E-state index contributed by atoms with van der Waals surface area (Å²) in [4.78, 5) is 61.4. The molecular formula is C24H43N9O5. The van der Waals surface area contributed by atoms with E-state index in [9.17, 15) is 24.3 Å². The summed E-state index contributed by atoms with van der Waals surface area (Å²) in [5, 5.41) is 17.4. The molecule has 4 unspecified atom stereocenters. The quantitative estimate of drug-likeness (QED) is 0.0686. The Kier molecular flexibility index (Phi) is 13.8. The molecule has 1 rings (SSSR count). The maximum Gasteiger partial charge on any atom is 0.326 e. The van der Waals surface area contributed by atoms with Crippen LogP contribution in [0.1, 0.15) is 59.1 Å². The first-order valence-electron chi connectivity index (χ1n) is 12.7. The van der Waals surface area contributed by atoms with E-state index in [0.29, 0.717) is 18.7 Å². The summed E-state index contributed by atoms with van der Waals surface area (Å²) < 4.78 is 0. The van der Waals surface area contributed by atoms with Crippen molar-refractivity contribution in [2.45, 2.75) is 84.0 Å². The third-order valence-corrected chi connectivity index (χ3v) is 5.58. The van der Waals surface area contributed by atoms with Gasteiger partial charge in [0.15, 0.2) is 5.96 Å². The first-order valence-corrected chi connectivity index (χ1v) is 12.7. The second kappa shape index (κ2) is 16.2. The molecule has 0 radical (unpaired) electrons. The predicted molar refractivity (Wildman–Crippen MR) is 143 cm³/mol. The lowest BCUT2D eigenvalue weighted by Gasteiger charge is -2.26. The van der Waals surface area contributed by atoms with Gasteiger partial charge in [-0.3, -0.25) is 19.4 Å². The van der Waals surface area contributed by atoms with Gasteiger partial charge in [-0.1, -0.05) is 27.7 Å². The number of carbonyl (C=O) groups excluding carboxylic acids is 3. The van der Waals surface area contributed by atoms with Crippen LogP contribution in [0.25, 0.3) is 0 Å². The highest BCUT2D eigenvalue weighted by molar-refractivity contribution is 5.94. The molecule has 0 spiro atoms. The molecule has 0 saturated carbocycles. The number of guanidine groups is 1. The minimum atomic E-state index is -1.15. The van der Waals surface area contributed by atoms with E-state index < -0.39 is 47.9 Å². The van der Waals surface area contributed by atoms with Gasteiger partial charge in [-0.05, 0) is 37.5 Å². The van der Waals surface area contributed by atoms with Crippen molar-refractivity contribution in [2.24, 2.45) is 34.0 Å². The third-order valence-electron chi connectivity index (χ3n) is 5.58. The van der Waals surface area contributed by atoms with Gasteiger partial charge < -0.3 is 43.2 Å². The van der Waals surface area contributed by atoms with Crippen LogP contribution in [0, 0.1) is 11.8 Å². The fraction of sp³-hybridized carbons (Fsp3) is 0.667. The number of carboxylic acids is 1. The molecule has 214 valence electrons. The van der Waals surface area contributed by atoms with Gasteiger partial charge in [0.1, 0.15) is 18.1 Å². The van der Waals surface area contributed by atoms with Gasteiger partial charge in [0.25, 0.3) is 0 Å². The van der Waals surface area contributed by atoms with Crippen LogP contribution in [0.15, 0.2) is 17.5 Å². The Bertz CT molecular complexity index is 930. The summed E-state index contributed by atoms with van der Waals surface area (Å²) in [7, 11) is 0. The number of aliphatic carboxylic acids is 1. The largest absolute Gasteiger partial charge is 0.480 e. The summed E-state index contributed by atoms with van der Waals surface area (Å²) in [5.41, 5.74) is 17.2. The number of amides is 3. The van der Waals surface area contributed by atoms with E-state index in [4.69, 9.17) is 17.2 Å². The van der Waals surface area contributed by atoms with Crippen LogP contribution in [0.4, 0.5) is 0 Å². The second-order valence-corrected chi connectivity index (χ2v) is 10.1. The molecule has 38 heavy (non-hydrogen) atoms. The normalized spacial score (nSPS) is 14.3. The van der Waals surface area contributed by atoms with Gasteiger partial charge in [-0.2, -0.15) is 0 Å². The van der Waals surface area contributed by atoms with Crippen LogP contribution in [0.5, 0.6) is 0 Å². The molecule has 0 aliphatic rings. The van der Waals surface area contributed by atoms with Gasteiger partial charge >= 0.3 is 5.97 Å². The number of hydrogen-bond donors (Lipinski definition) is 8. The number of H-pyrrole nitrogens is 1. The summed E-state index contributed by atoms with van der Waals surface area (Å²) >= 11 is 0. The van der Waals surface area contributed by atoms with E-state index in [2.05, 4.69) is 30.9 Å². The summed E-state index contributed by atoms with van der Waals surface area (Å²) in [6, 6.07) is -4.08. The van der Waals surface area contributed by atoms with E-state index in [0.717, 1.165) is 0 Å². The maximum absolute atomic E-state index is 13.3. The molecule has 1 heterocycles. The van der Waals surface area contributed by atoms with Crippen LogP contribution < -0.4 is 33.2 Å². The minimum absolute atomic E-state index is 0.0127. The zero-order chi connectivity index (χ0) is 28.8. The number of aromatic amines is 1. The highest BCUT2D eigenvalue weighted by atomic mass is 16.4. The first-order chi connectivity index (χ1) is 17.8. The third kappa shape index (κ3) is 12.5. The highest BCUT2D eigenvalue weighted by Crippen LogP contribution is 2.10. The zero-order valence-corrected chi connectivity index (χ0v) is 22.6. The SMILES string of the molecule is CC(C)CC(NC(=O)C(CC(C)C)NC(=O)C(Cc1cnc[nH]1)NC(=O)C(N)CCCN=C(N)N)C(=O)O. The van der Waals surface area contributed by atoms with Crippen molar-refractivity contribution in [3.63, 3.8) is 0 Å². The molecule has 0 fully saturated rings. The number of nitrogens with zero attached hydrogens (tertiary/aromatic N) is 2. The smallest absolute Gasteiger partial charge is 0.326 e. The Morgan fingerprint density at radius 2 is 1.50 bits per heavy atom. The molecule has 11 N–H and O–H groups in total. The van der Waals surface area contributed by atoms with E-state index in [1.165, 1.54) is 12.5 Å². The highest BCUT2D eigenvalue weighted by Gasteiger charge is 2.31. The molecule has 0 aliphatic heterocycles. The number of carboxylic acid groups (broad SMARTS) is 1. The Morgan fingerprint density at radius 3 is 2.03 bits per heavy atom. The average Bonchev–Trinajstić information content (AvgIpc) is 3.32. The Hall–Kier alpha value is -3.68. The van der Waals surface area contributed by atoms with Gasteiger partial charge in [-0.15, -0.1) is 0 Å². The van der Waals surface area contributed by atoms with Crippen LogP contribution in [-0.4, -0.2) is 75.4 Å². The van der Waals surface area contributed by atoms with Crippen LogP contribution in [-0.2, 0) is 25.6 Å². The molecule has 0 aliphatic carbocycles. The van der Waals surface area contributed by atoms with Gasteiger partial charge in [0.05, 0.1) is 12.4 Å². The molecule has 3 amide bonds. The molecule has 4 atom stereocenters. The summed E-state index contributed by atoms with van der Waals surface area (Å²) in [5.74, 6) is -2.94. The number of aliphatic imine (C=N–C) groups is 1. The fourth-order valence-corrected chi connectivity index (χ4v) is 3.70. The van der Waals surface area contributed by atoms with E-state index in [-0.39, 0.29) is 43.5 Å². The number of rotatable bonds is 17. The van der Waals surface area contributed by atoms with Crippen molar-refractivity contribution in [3.05, 3.63) is 18.2 Å². The monoisotopic (exact) mass is 537 g/mol. The lowest BCUT2D eigenvalue weighted by molar-refractivity contribution is -0.143. The fourth-order valence-electron chi connectivity index (χ4n) is 3.70. The standard InChI is InChI=1S/C24H43N9O5/c1-13(2)8-17(21(35)33-19(23(37)38)9-14(3)4)32-22(36)18(10-15-11-28-12-30-15)31-20(34)16(25)6-5-7-29-24(26)27/h11-14,16-19H,5-10,25H2,1-4H3,(H,28,30)(H,31,34)(H,32,36)(H,33,35)(H,37,38)(H4,26,27,29). The van der Waals surface area contributed by atoms with Crippen molar-refractivity contribution in [3.8, 4) is 0 Å². The summed E-state index contributed by atoms with van der Waals surface area (Å²) in [6.07, 6.45) is 4.27. The van der Waals surface area contributed by atoms with Crippen LogP contribution >= 0.6 is 0 Å². The van der Waals surface area contributed by atoms with Crippen molar-refractivity contribution in [1.82, 2.24) is 25.9 Å². The van der Waals surface area contributed by atoms with Crippen molar-refractivity contribution in [2.75, 3.05) is 6.54 Å². The van der Waals surface area contributed by atoms with Crippen molar-refractivity contribution < 1.29 is 24.3 Å². The zero-order valence-electron chi connectivity index (χ0n) is 22.6. The molecule has 1 aromatic rings. The number of carbonyl (C=O) groups is 4. The lowest BCUT2D eigenvalue weighted by Crippen LogP contribution is -2.58. The molecule has 0 bridgehead atoms. The Balaban J connectivity index is 2.99. The topological polar surface area (TPSA) is 244 Å². The Morgan fingerprint density at radius 1 is 0.947 bits per heavy atom. The van der Waals surface area contributed by atoms with Crippen molar-refractivity contribution in [1.29, 1.82) is 0 Å². The van der Waals surface area contributed by atoms with Crippen molar-refractivity contribution >= 4 is 29.7 Å². The maximum atomic E-state index is 13.3. The van der Waals surface area contributed by atoms with Gasteiger partial charge in [0, 0.05) is 24.9 Å². The average molecular weight is 538 g/mol. The molecular weight excluding hydrogens is 494 g/mol. The first kappa shape index (κ1) is 32.3. The molecule has 14 nitrogen and oxygen atoms in total. The number of aromatic nitrogens is 2. The van der Waals surface area contributed by atoms with E-state index in [1.54, 1.807) is 0 Å². The van der Waals surface area contributed by atoms with E-state index >= 15 is 0 Å². The molecule has 1 aromatic heterocycles. The Labute approximate surface area is 223 Å². The molecule has 14 heteroatoms. The molecule has 0 saturated heterocycles. The van der Waals surface area contributed by atoms with Gasteiger partial charge in [-0.25, -0.2) is 9.78 Å². The number of nitrogens with two attached hydrogens (primary N) is 3. The minimum Gasteiger partial charge on any atom is -0.480 e. The number of imidazole rings is 1. The van der Waals surface area contributed by atoms with Crippen LogP contribution in [0.2, 0.25) is 0 Å². The van der Waals surface area contributed by atoms with E-state index in [1.807, 2.05) is 27.7 Å². The predicted octanol–water partition coefficient (Wildman–Crippen LogP) is -1.04. The lowest BCUT2D eigenvalue weighted by atomic mass is 10.00. The molecule has 0 aromatic carbocycles. The van der Waals surface area contributed by atoms with Gasteiger partial charge in [0.2, 0.25) is 17.7 Å². The number of nitrogens with one attached hydrogen (secondary N) is 4. The number of hydrogen-bond acceptors (Lipinski definition) is 7. The second-order valence-electron chi connectivity index (χ2n) is 10.1.